The molecule has 0 radical (unpaired) electrons. The zero-order valence-corrected chi connectivity index (χ0v) is 12.7. The number of hydrogen-bond donors (Lipinski definition) is 1. The average Bonchev–Trinajstić information content (AvgIpc) is 3.21. The molecular weight excluding hydrogens is 302 g/mol. The molecule has 4 rings (SSSR count). The summed E-state index contributed by atoms with van der Waals surface area (Å²) in [6.07, 6.45) is 4.13. The Labute approximate surface area is 130 Å². The summed E-state index contributed by atoms with van der Waals surface area (Å²) in [6, 6.07) is 3.60. The van der Waals surface area contributed by atoms with Crippen LogP contribution in [0.15, 0.2) is 27.6 Å². The van der Waals surface area contributed by atoms with Crippen molar-refractivity contribution in [2.45, 2.75) is 25.2 Å². The van der Waals surface area contributed by atoms with Crippen LogP contribution in [0.5, 0.6) is 0 Å². The van der Waals surface area contributed by atoms with Gasteiger partial charge in [-0.05, 0) is 31.5 Å². The van der Waals surface area contributed by atoms with Gasteiger partial charge in [-0.2, -0.15) is 9.61 Å². The molecule has 1 atom stereocenters. The van der Waals surface area contributed by atoms with Crippen LogP contribution in [0.4, 0.5) is 0 Å². The molecule has 1 aliphatic heterocycles. The van der Waals surface area contributed by atoms with Gasteiger partial charge < -0.3 is 9.73 Å². The number of nitrogens with one attached hydrogen (secondary N) is 1. The molecule has 7 nitrogen and oxygen atoms in total. The molecule has 8 heteroatoms. The van der Waals surface area contributed by atoms with Crippen molar-refractivity contribution in [2.24, 2.45) is 0 Å². The standard InChI is InChI=1S/C14H15N5O2S/c20-13-11(7-10-4-2-6-21-10)16-17-14-19(13)18-12(22-14)9-3-1-5-15-8-9/h2,4,6,9,15H,1,3,5,7-8H2. The van der Waals surface area contributed by atoms with E-state index in [2.05, 4.69) is 20.6 Å². The molecule has 0 amide bonds. The van der Waals surface area contributed by atoms with Crippen molar-refractivity contribution in [1.82, 2.24) is 25.1 Å². The van der Waals surface area contributed by atoms with Crippen LogP contribution in [-0.2, 0) is 6.42 Å². The summed E-state index contributed by atoms with van der Waals surface area (Å²) in [5.74, 6) is 1.05. The highest BCUT2D eigenvalue weighted by molar-refractivity contribution is 7.16. The third-order valence-corrected chi connectivity index (χ3v) is 4.90. The van der Waals surface area contributed by atoms with Gasteiger partial charge in [-0.15, -0.1) is 10.2 Å². The largest absolute Gasteiger partial charge is 0.469 e. The minimum Gasteiger partial charge on any atom is -0.469 e. The Bertz CT molecular complexity index is 833. The maximum absolute atomic E-state index is 12.5. The summed E-state index contributed by atoms with van der Waals surface area (Å²) in [6.45, 7) is 1.95. The number of fused-ring (bicyclic) bond motifs is 1. The fraction of sp³-hybridized carbons (Fsp3) is 0.429. The van der Waals surface area contributed by atoms with Crippen LogP contribution in [0.1, 0.15) is 35.2 Å². The Morgan fingerprint density at radius 3 is 3.18 bits per heavy atom. The van der Waals surface area contributed by atoms with Crippen molar-refractivity contribution in [2.75, 3.05) is 13.1 Å². The Morgan fingerprint density at radius 1 is 1.45 bits per heavy atom. The van der Waals surface area contributed by atoms with Gasteiger partial charge in [0, 0.05) is 12.5 Å². The molecular formula is C14H15N5O2S. The normalized spacial score (nSPS) is 18.8. The zero-order valence-electron chi connectivity index (χ0n) is 11.9. The van der Waals surface area contributed by atoms with Crippen LogP contribution >= 0.6 is 11.3 Å². The Balaban J connectivity index is 1.70. The van der Waals surface area contributed by atoms with Crippen molar-refractivity contribution < 1.29 is 4.42 Å². The summed E-state index contributed by atoms with van der Waals surface area (Å²) in [4.78, 5) is 13.0. The topological polar surface area (TPSA) is 85.3 Å². The summed E-state index contributed by atoms with van der Waals surface area (Å²) in [5, 5.41) is 17.0. The first-order valence-electron chi connectivity index (χ1n) is 7.29. The first-order chi connectivity index (χ1) is 10.8. The highest BCUT2D eigenvalue weighted by Gasteiger charge is 2.21. The number of hydrogen-bond acceptors (Lipinski definition) is 7. The van der Waals surface area contributed by atoms with Gasteiger partial charge in [-0.1, -0.05) is 11.3 Å². The van der Waals surface area contributed by atoms with Crippen molar-refractivity contribution >= 4 is 16.3 Å². The summed E-state index contributed by atoms with van der Waals surface area (Å²) in [7, 11) is 0. The lowest BCUT2D eigenvalue weighted by Gasteiger charge is -2.19. The van der Waals surface area contributed by atoms with Gasteiger partial charge in [-0.25, -0.2) is 0 Å². The lowest BCUT2D eigenvalue weighted by atomic mass is 10.0. The van der Waals surface area contributed by atoms with Gasteiger partial charge in [0.2, 0.25) is 4.96 Å². The van der Waals surface area contributed by atoms with Crippen LogP contribution < -0.4 is 10.9 Å². The number of aromatic nitrogens is 4. The van der Waals surface area contributed by atoms with Gasteiger partial charge in [-0.3, -0.25) is 4.79 Å². The van der Waals surface area contributed by atoms with Gasteiger partial charge in [0.25, 0.3) is 5.56 Å². The summed E-state index contributed by atoms with van der Waals surface area (Å²) in [5.41, 5.74) is 0.138. The summed E-state index contributed by atoms with van der Waals surface area (Å²) < 4.78 is 6.64. The Hall–Kier alpha value is -2.06. The van der Waals surface area contributed by atoms with Crippen LogP contribution in [0.3, 0.4) is 0 Å². The van der Waals surface area contributed by atoms with E-state index in [4.69, 9.17) is 4.42 Å². The van der Waals surface area contributed by atoms with E-state index in [9.17, 15) is 4.79 Å². The second-order valence-electron chi connectivity index (χ2n) is 5.39. The van der Waals surface area contributed by atoms with Gasteiger partial charge in [0.05, 0.1) is 12.7 Å². The SMILES string of the molecule is O=c1c(Cc2ccco2)nnc2sc(C3CCCNC3)nn12. The first-order valence-corrected chi connectivity index (χ1v) is 8.11. The number of furan rings is 1. The quantitative estimate of drug-likeness (QED) is 0.781. The third kappa shape index (κ3) is 2.44. The highest BCUT2D eigenvalue weighted by Crippen LogP contribution is 2.26. The van der Waals surface area contributed by atoms with E-state index in [0.717, 1.165) is 30.9 Å². The molecule has 1 fully saturated rings. The number of nitrogens with zero attached hydrogens (tertiary/aromatic N) is 4. The van der Waals surface area contributed by atoms with Crippen molar-refractivity contribution in [3.05, 3.63) is 45.2 Å². The second kappa shape index (κ2) is 5.62. The van der Waals surface area contributed by atoms with Crippen LogP contribution in [0, 0.1) is 0 Å². The molecule has 1 N–H and O–H groups in total. The van der Waals surface area contributed by atoms with Crippen LogP contribution in [-0.4, -0.2) is 32.9 Å². The van der Waals surface area contributed by atoms with E-state index in [-0.39, 0.29) is 5.56 Å². The lowest BCUT2D eigenvalue weighted by molar-refractivity contribution is 0.457. The minimum absolute atomic E-state index is 0.215. The first kappa shape index (κ1) is 13.6. The van der Waals surface area contributed by atoms with Crippen LogP contribution in [0.2, 0.25) is 0 Å². The maximum atomic E-state index is 12.5. The Kier molecular flexibility index (Phi) is 3.47. The molecule has 3 aromatic heterocycles. The molecule has 1 unspecified atom stereocenters. The number of rotatable bonds is 3. The second-order valence-corrected chi connectivity index (χ2v) is 6.37. The maximum Gasteiger partial charge on any atom is 0.297 e. The fourth-order valence-electron chi connectivity index (χ4n) is 2.68. The molecule has 0 spiro atoms. The average molecular weight is 317 g/mol. The molecule has 0 bridgehead atoms. The molecule has 4 heterocycles. The molecule has 1 saturated heterocycles. The van der Waals surface area contributed by atoms with E-state index in [1.807, 2.05) is 6.07 Å². The van der Waals surface area contributed by atoms with Gasteiger partial charge in [0.1, 0.15) is 16.5 Å². The fourth-order valence-corrected chi connectivity index (χ4v) is 3.65. The molecule has 3 aromatic rings. The van der Waals surface area contributed by atoms with Gasteiger partial charge >= 0.3 is 0 Å². The van der Waals surface area contributed by atoms with E-state index in [1.54, 1.807) is 12.3 Å². The van der Waals surface area contributed by atoms with Crippen molar-refractivity contribution in [1.29, 1.82) is 0 Å². The van der Waals surface area contributed by atoms with Crippen LogP contribution in [0.25, 0.3) is 4.96 Å². The van der Waals surface area contributed by atoms with E-state index in [0.29, 0.717) is 28.8 Å². The minimum atomic E-state index is -0.215. The number of piperidine rings is 1. The van der Waals surface area contributed by atoms with E-state index in [1.165, 1.54) is 15.9 Å². The monoisotopic (exact) mass is 317 g/mol. The molecule has 0 aromatic carbocycles. The molecule has 22 heavy (non-hydrogen) atoms. The highest BCUT2D eigenvalue weighted by atomic mass is 32.1. The van der Waals surface area contributed by atoms with Gasteiger partial charge in [0.15, 0.2) is 0 Å². The van der Waals surface area contributed by atoms with E-state index >= 15 is 0 Å². The smallest absolute Gasteiger partial charge is 0.297 e. The third-order valence-electron chi connectivity index (χ3n) is 3.84. The zero-order chi connectivity index (χ0) is 14.9. The summed E-state index contributed by atoms with van der Waals surface area (Å²) >= 11 is 1.45. The molecule has 0 saturated carbocycles. The predicted octanol–water partition coefficient (Wildman–Crippen LogP) is 1.20. The Morgan fingerprint density at radius 2 is 2.41 bits per heavy atom. The molecule has 1 aliphatic rings. The van der Waals surface area contributed by atoms with E-state index < -0.39 is 0 Å². The molecule has 0 aliphatic carbocycles. The lowest BCUT2D eigenvalue weighted by Crippen LogP contribution is -2.28. The van der Waals surface area contributed by atoms with Crippen molar-refractivity contribution in [3.63, 3.8) is 0 Å². The van der Waals surface area contributed by atoms with Crippen molar-refractivity contribution in [3.8, 4) is 0 Å². The molecule has 114 valence electrons. The predicted molar refractivity (Wildman–Crippen MR) is 81.3 cm³/mol.